The number of amides is 1. The van der Waals surface area contributed by atoms with E-state index in [2.05, 4.69) is 5.32 Å². The predicted octanol–water partition coefficient (Wildman–Crippen LogP) is 6.15. The van der Waals surface area contributed by atoms with Gasteiger partial charge in [-0.3, -0.25) is 14.2 Å². The van der Waals surface area contributed by atoms with Crippen molar-refractivity contribution in [2.45, 2.75) is 32.5 Å². The second kappa shape index (κ2) is 9.48. The molecule has 0 saturated carbocycles. The topological polar surface area (TPSA) is 64.0 Å². The Morgan fingerprint density at radius 3 is 2.66 bits per heavy atom. The van der Waals surface area contributed by atoms with E-state index in [-0.39, 0.29) is 17.2 Å². The Labute approximate surface area is 199 Å². The monoisotopic (exact) mass is 483 g/mol. The summed E-state index contributed by atoms with van der Waals surface area (Å²) in [5.41, 5.74) is 5.24. The average Bonchev–Trinajstić information content (AvgIpc) is 3.20. The van der Waals surface area contributed by atoms with E-state index in [1.807, 2.05) is 56.5 Å². The van der Waals surface area contributed by atoms with E-state index >= 15 is 0 Å². The minimum Gasteiger partial charge on any atom is -0.325 e. The zero-order chi connectivity index (χ0) is 22.8. The Kier molecular flexibility index (Phi) is 6.69. The van der Waals surface area contributed by atoms with Gasteiger partial charge in [-0.15, -0.1) is 11.3 Å². The first-order chi connectivity index (χ1) is 15.4. The molecule has 5 nitrogen and oxygen atoms in total. The van der Waals surface area contributed by atoms with E-state index in [1.165, 1.54) is 28.7 Å². The number of nitrogens with one attached hydrogen (secondary N) is 1. The van der Waals surface area contributed by atoms with Gasteiger partial charge in [-0.1, -0.05) is 59.3 Å². The molecular formula is C24H22ClN3O2S2. The molecule has 8 heteroatoms. The molecule has 32 heavy (non-hydrogen) atoms. The highest BCUT2D eigenvalue weighted by Crippen LogP contribution is 2.32. The number of benzene rings is 2. The van der Waals surface area contributed by atoms with Crippen LogP contribution in [0.25, 0.3) is 21.3 Å². The molecule has 0 saturated heterocycles. The number of rotatable bonds is 6. The van der Waals surface area contributed by atoms with Crippen molar-refractivity contribution in [3.8, 4) is 11.1 Å². The van der Waals surface area contributed by atoms with Crippen molar-refractivity contribution >= 4 is 56.5 Å². The molecule has 4 aromatic rings. The number of thioether (sulfide) groups is 1. The largest absolute Gasteiger partial charge is 0.325 e. The molecular weight excluding hydrogens is 462 g/mol. The predicted molar refractivity (Wildman–Crippen MR) is 135 cm³/mol. The van der Waals surface area contributed by atoms with E-state index in [0.29, 0.717) is 32.6 Å². The van der Waals surface area contributed by atoms with Crippen molar-refractivity contribution < 1.29 is 4.79 Å². The molecule has 0 spiro atoms. The van der Waals surface area contributed by atoms with E-state index in [0.717, 1.165) is 16.7 Å². The van der Waals surface area contributed by atoms with Crippen molar-refractivity contribution in [2.75, 3.05) is 11.1 Å². The third kappa shape index (κ3) is 4.46. The molecule has 1 amide bonds. The number of anilines is 1. The van der Waals surface area contributed by atoms with Crippen molar-refractivity contribution in [3.63, 3.8) is 0 Å². The summed E-state index contributed by atoms with van der Waals surface area (Å²) in [6.45, 7) is 6.29. The van der Waals surface area contributed by atoms with E-state index < -0.39 is 0 Å². The lowest BCUT2D eigenvalue weighted by Crippen LogP contribution is -2.23. The van der Waals surface area contributed by atoms with Crippen LogP contribution in [0.5, 0.6) is 0 Å². The standard InChI is InChI=1S/C24H22ClN3O2S2/c1-4-28-23(30)22-21(17(12-31-22)16-10-8-14(2)9-11-16)27-24(28)32-13-20(29)26-19-7-5-6-18(25)15(19)3/h5-12H,4,13H2,1-3H3,(H,26,29). The number of carbonyl (C=O) groups excluding carboxylic acids is 1. The van der Waals surface area contributed by atoms with Crippen LogP contribution in [0.2, 0.25) is 5.02 Å². The number of aromatic nitrogens is 2. The number of fused-ring (bicyclic) bond motifs is 1. The zero-order valence-electron chi connectivity index (χ0n) is 17.9. The highest BCUT2D eigenvalue weighted by Gasteiger charge is 2.17. The Morgan fingerprint density at radius 2 is 1.94 bits per heavy atom. The fourth-order valence-corrected chi connectivity index (χ4v) is 5.36. The summed E-state index contributed by atoms with van der Waals surface area (Å²) < 4.78 is 2.26. The maximum Gasteiger partial charge on any atom is 0.272 e. The molecule has 0 aliphatic carbocycles. The number of hydrogen-bond donors (Lipinski definition) is 1. The van der Waals surface area contributed by atoms with Crippen LogP contribution in [0, 0.1) is 13.8 Å². The van der Waals surface area contributed by atoms with Crippen LogP contribution in [0.1, 0.15) is 18.1 Å². The van der Waals surface area contributed by atoms with Gasteiger partial charge in [-0.05, 0) is 44.0 Å². The van der Waals surface area contributed by atoms with Gasteiger partial charge in [0.05, 0.1) is 11.3 Å². The molecule has 0 bridgehead atoms. The fraction of sp³-hybridized carbons (Fsp3) is 0.208. The van der Waals surface area contributed by atoms with Crippen LogP contribution in [-0.4, -0.2) is 21.2 Å². The van der Waals surface area contributed by atoms with Gasteiger partial charge in [0.2, 0.25) is 5.91 Å². The first-order valence-electron chi connectivity index (χ1n) is 10.2. The second-order valence-electron chi connectivity index (χ2n) is 7.39. The summed E-state index contributed by atoms with van der Waals surface area (Å²) in [4.78, 5) is 30.5. The Morgan fingerprint density at radius 1 is 1.19 bits per heavy atom. The summed E-state index contributed by atoms with van der Waals surface area (Å²) in [5.74, 6) is -0.0464. The highest BCUT2D eigenvalue weighted by molar-refractivity contribution is 7.99. The number of nitrogens with zero attached hydrogens (tertiary/aromatic N) is 2. The molecule has 2 aromatic carbocycles. The van der Waals surface area contributed by atoms with Gasteiger partial charge in [0.15, 0.2) is 5.16 Å². The molecule has 4 rings (SSSR count). The fourth-order valence-electron chi connectivity index (χ4n) is 3.37. The lowest BCUT2D eigenvalue weighted by atomic mass is 10.1. The van der Waals surface area contributed by atoms with Crippen molar-refractivity contribution in [3.05, 3.63) is 74.3 Å². The molecule has 2 aromatic heterocycles. The third-order valence-corrected chi connectivity index (χ3v) is 7.54. The Hall–Kier alpha value is -2.61. The van der Waals surface area contributed by atoms with Crippen LogP contribution < -0.4 is 10.9 Å². The first kappa shape index (κ1) is 22.6. The summed E-state index contributed by atoms with van der Waals surface area (Å²) in [6.07, 6.45) is 0. The number of hydrogen-bond acceptors (Lipinski definition) is 5. The molecule has 0 atom stereocenters. The van der Waals surface area contributed by atoms with Crippen molar-refractivity contribution in [1.82, 2.24) is 9.55 Å². The molecule has 0 fully saturated rings. The first-order valence-corrected chi connectivity index (χ1v) is 12.4. The summed E-state index contributed by atoms with van der Waals surface area (Å²) in [7, 11) is 0. The second-order valence-corrected chi connectivity index (χ2v) is 9.62. The number of halogens is 1. The normalized spacial score (nSPS) is 11.1. The van der Waals surface area contributed by atoms with Gasteiger partial charge in [0.1, 0.15) is 4.70 Å². The Bertz CT molecular complexity index is 1360. The lowest BCUT2D eigenvalue weighted by Gasteiger charge is -2.12. The van der Waals surface area contributed by atoms with Gasteiger partial charge in [0.25, 0.3) is 5.56 Å². The smallest absolute Gasteiger partial charge is 0.272 e. The van der Waals surface area contributed by atoms with Gasteiger partial charge in [0, 0.05) is 28.2 Å². The zero-order valence-corrected chi connectivity index (χ0v) is 20.3. The Balaban J connectivity index is 1.63. The average molecular weight is 484 g/mol. The molecule has 0 aliphatic heterocycles. The summed E-state index contributed by atoms with van der Waals surface area (Å²) >= 11 is 8.81. The molecule has 0 unspecified atom stereocenters. The number of thiophene rings is 1. The van der Waals surface area contributed by atoms with Crippen molar-refractivity contribution in [2.24, 2.45) is 0 Å². The molecule has 1 N–H and O–H groups in total. The van der Waals surface area contributed by atoms with E-state index in [1.54, 1.807) is 16.7 Å². The molecule has 0 radical (unpaired) electrons. The van der Waals surface area contributed by atoms with Crippen LogP contribution >= 0.6 is 34.7 Å². The number of aryl methyl sites for hydroxylation is 1. The van der Waals surface area contributed by atoms with Crippen molar-refractivity contribution in [1.29, 1.82) is 0 Å². The van der Waals surface area contributed by atoms with Crippen LogP contribution in [0.4, 0.5) is 5.69 Å². The maximum atomic E-state index is 13.1. The SMILES string of the molecule is CCn1c(SCC(=O)Nc2cccc(Cl)c2C)nc2c(-c3ccc(C)cc3)csc2c1=O. The van der Waals surface area contributed by atoms with Gasteiger partial charge < -0.3 is 5.32 Å². The lowest BCUT2D eigenvalue weighted by molar-refractivity contribution is -0.113. The van der Waals surface area contributed by atoms with Crippen LogP contribution in [0.15, 0.2) is 57.8 Å². The van der Waals surface area contributed by atoms with Gasteiger partial charge >= 0.3 is 0 Å². The molecule has 2 heterocycles. The van der Waals surface area contributed by atoms with Crippen LogP contribution in [0.3, 0.4) is 0 Å². The highest BCUT2D eigenvalue weighted by atomic mass is 35.5. The quantitative estimate of drug-likeness (QED) is 0.264. The van der Waals surface area contributed by atoms with Gasteiger partial charge in [-0.25, -0.2) is 4.98 Å². The minimum atomic E-state index is -0.179. The molecule has 164 valence electrons. The summed E-state index contributed by atoms with van der Waals surface area (Å²) in [6, 6.07) is 13.6. The van der Waals surface area contributed by atoms with Gasteiger partial charge in [-0.2, -0.15) is 0 Å². The van der Waals surface area contributed by atoms with Crippen LogP contribution in [-0.2, 0) is 11.3 Å². The third-order valence-electron chi connectivity index (χ3n) is 5.20. The maximum absolute atomic E-state index is 13.1. The van der Waals surface area contributed by atoms with E-state index in [9.17, 15) is 9.59 Å². The van der Waals surface area contributed by atoms with E-state index in [4.69, 9.17) is 16.6 Å². The molecule has 0 aliphatic rings. The minimum absolute atomic E-state index is 0.0746. The summed E-state index contributed by atoms with van der Waals surface area (Å²) in [5, 5.41) is 6.01. The number of carbonyl (C=O) groups is 1.